The van der Waals surface area contributed by atoms with Crippen LogP contribution in [0.2, 0.25) is 0 Å². The predicted octanol–water partition coefficient (Wildman–Crippen LogP) is 14.1. The van der Waals surface area contributed by atoms with Crippen LogP contribution in [0, 0.1) is 0 Å². The van der Waals surface area contributed by atoms with Crippen LogP contribution in [-0.2, 0) is 0 Å². The molecule has 6 aromatic carbocycles. The van der Waals surface area contributed by atoms with E-state index in [9.17, 15) is 0 Å². The van der Waals surface area contributed by atoms with E-state index in [1.807, 2.05) is 42.7 Å². The van der Waals surface area contributed by atoms with Crippen molar-refractivity contribution in [3.8, 4) is 16.9 Å². The zero-order valence-electron chi connectivity index (χ0n) is 29.0. The third kappa shape index (κ3) is 5.08. The van der Waals surface area contributed by atoms with Crippen LogP contribution >= 0.6 is 11.3 Å². The molecule has 53 heavy (non-hydrogen) atoms. The van der Waals surface area contributed by atoms with Crippen molar-refractivity contribution < 1.29 is 4.42 Å². The van der Waals surface area contributed by atoms with Gasteiger partial charge in [-0.25, -0.2) is 4.98 Å². The Labute approximate surface area is 310 Å². The van der Waals surface area contributed by atoms with Gasteiger partial charge in [0.15, 0.2) is 0 Å². The number of thiophene rings is 1. The topological polar surface area (TPSA) is 34.2 Å². The summed E-state index contributed by atoms with van der Waals surface area (Å²) >= 11 is 1.84. The summed E-state index contributed by atoms with van der Waals surface area (Å²) < 4.78 is 11.0. The van der Waals surface area contributed by atoms with Gasteiger partial charge < -0.3 is 9.32 Å². The minimum Gasteiger partial charge on any atom is -0.456 e. The second kappa shape index (κ2) is 12.5. The van der Waals surface area contributed by atoms with Gasteiger partial charge in [-0.05, 0) is 103 Å². The molecule has 0 saturated carbocycles. The van der Waals surface area contributed by atoms with Gasteiger partial charge >= 0.3 is 0 Å². The molecule has 4 heterocycles. The van der Waals surface area contributed by atoms with Crippen LogP contribution in [0.3, 0.4) is 0 Å². The second-order valence-corrected chi connectivity index (χ2v) is 14.3. The largest absolute Gasteiger partial charge is 0.456 e. The van der Waals surface area contributed by atoms with E-state index < -0.39 is 0 Å². The van der Waals surface area contributed by atoms with E-state index in [-0.39, 0.29) is 0 Å². The zero-order chi connectivity index (χ0) is 35.5. The number of benzene rings is 6. The number of fused-ring (bicyclic) bond motifs is 7. The Morgan fingerprint density at radius 1 is 0.623 bits per heavy atom. The van der Waals surface area contributed by atoms with Crippen molar-refractivity contribution in [1.82, 2.24) is 9.55 Å². The van der Waals surface area contributed by atoms with Crippen molar-refractivity contribution in [1.29, 1.82) is 0 Å². The average Bonchev–Trinajstić information content (AvgIpc) is 3.87. The number of hydrogen-bond acceptors (Lipinski definition) is 4. The van der Waals surface area contributed by atoms with Gasteiger partial charge in [-0.1, -0.05) is 85.5 Å². The summed E-state index contributed by atoms with van der Waals surface area (Å²) in [6.07, 6.45) is 7.78. The lowest BCUT2D eigenvalue weighted by Gasteiger charge is -2.26. The van der Waals surface area contributed by atoms with Crippen molar-refractivity contribution in [3.05, 3.63) is 176 Å². The molecule has 4 aromatic heterocycles. The first-order valence-corrected chi connectivity index (χ1v) is 18.6. The van der Waals surface area contributed by atoms with Crippen molar-refractivity contribution in [2.45, 2.75) is 6.92 Å². The fourth-order valence-corrected chi connectivity index (χ4v) is 8.83. The van der Waals surface area contributed by atoms with Gasteiger partial charge in [0.1, 0.15) is 17.2 Å². The highest BCUT2D eigenvalue weighted by molar-refractivity contribution is 7.25. The lowest BCUT2D eigenvalue weighted by molar-refractivity contribution is 0.603. The van der Waals surface area contributed by atoms with E-state index in [0.29, 0.717) is 0 Å². The molecular formula is C48H33N3OS. The average molecular weight is 700 g/mol. The SMILES string of the molecule is C=Cc1oc2ccc(N(c3ccc(-c4ccc5c6ccccc6n(-c6ccccn6)c5c4)cc3)c3ccc4sc5ccccc5c4c3)cc2c1/C=C\C. The number of anilines is 3. The maximum absolute atomic E-state index is 6.20. The quantitative estimate of drug-likeness (QED) is 0.166. The third-order valence-corrected chi connectivity index (χ3v) is 11.3. The molecule has 5 heteroatoms. The van der Waals surface area contributed by atoms with Gasteiger partial charge in [-0.3, -0.25) is 4.57 Å². The molecule has 0 aliphatic rings. The summed E-state index contributed by atoms with van der Waals surface area (Å²) in [7, 11) is 0. The lowest BCUT2D eigenvalue weighted by Crippen LogP contribution is -2.09. The maximum Gasteiger partial charge on any atom is 0.137 e. The van der Waals surface area contributed by atoms with Crippen LogP contribution in [0.4, 0.5) is 17.1 Å². The van der Waals surface area contributed by atoms with E-state index in [2.05, 4.69) is 156 Å². The number of para-hydroxylation sites is 1. The molecule has 0 aliphatic carbocycles. The summed E-state index contributed by atoms with van der Waals surface area (Å²) in [4.78, 5) is 7.07. The van der Waals surface area contributed by atoms with E-state index in [1.165, 1.54) is 30.9 Å². The first-order chi connectivity index (χ1) is 26.2. The smallest absolute Gasteiger partial charge is 0.137 e. The molecule has 0 N–H and O–H groups in total. The van der Waals surface area contributed by atoms with Crippen molar-refractivity contribution >= 4 is 93.5 Å². The highest BCUT2D eigenvalue weighted by atomic mass is 32.1. The number of allylic oxidation sites excluding steroid dienone is 1. The molecule has 4 nitrogen and oxygen atoms in total. The Balaban J connectivity index is 1.13. The monoisotopic (exact) mass is 699 g/mol. The molecule has 252 valence electrons. The molecule has 0 saturated heterocycles. The molecule has 0 atom stereocenters. The van der Waals surface area contributed by atoms with Crippen LogP contribution < -0.4 is 4.90 Å². The van der Waals surface area contributed by atoms with Gasteiger partial charge in [0.25, 0.3) is 0 Å². The Morgan fingerprint density at radius 3 is 2.13 bits per heavy atom. The predicted molar refractivity (Wildman–Crippen MR) is 226 cm³/mol. The molecule has 0 bridgehead atoms. The Bertz CT molecular complexity index is 3040. The Kier molecular flexibility index (Phi) is 7.34. The van der Waals surface area contributed by atoms with Crippen molar-refractivity contribution in [2.24, 2.45) is 0 Å². The first-order valence-electron chi connectivity index (χ1n) is 17.8. The third-order valence-electron chi connectivity index (χ3n) is 10.1. The van der Waals surface area contributed by atoms with E-state index >= 15 is 0 Å². The van der Waals surface area contributed by atoms with Crippen LogP contribution in [-0.4, -0.2) is 9.55 Å². The molecule has 0 radical (unpaired) electrons. The summed E-state index contributed by atoms with van der Waals surface area (Å²) in [5, 5.41) is 6.01. The van der Waals surface area contributed by atoms with E-state index in [1.54, 1.807) is 6.08 Å². The minimum absolute atomic E-state index is 0.774. The van der Waals surface area contributed by atoms with Crippen molar-refractivity contribution in [3.63, 3.8) is 0 Å². The zero-order valence-corrected chi connectivity index (χ0v) is 29.8. The van der Waals surface area contributed by atoms with Crippen molar-refractivity contribution in [2.75, 3.05) is 4.90 Å². The normalized spacial score (nSPS) is 11.9. The van der Waals surface area contributed by atoms with Gasteiger partial charge in [0, 0.05) is 65.2 Å². The fourth-order valence-electron chi connectivity index (χ4n) is 7.74. The molecule has 0 fully saturated rings. The number of pyridine rings is 1. The van der Waals surface area contributed by atoms with Crippen LogP contribution in [0.1, 0.15) is 18.2 Å². The second-order valence-electron chi connectivity index (χ2n) is 13.2. The van der Waals surface area contributed by atoms with Gasteiger partial charge in [-0.15, -0.1) is 11.3 Å². The number of hydrogen-bond donors (Lipinski definition) is 0. The van der Waals surface area contributed by atoms with E-state index in [4.69, 9.17) is 9.40 Å². The van der Waals surface area contributed by atoms with E-state index in [0.717, 1.165) is 67.3 Å². The van der Waals surface area contributed by atoms with Gasteiger partial charge in [0.2, 0.25) is 0 Å². The van der Waals surface area contributed by atoms with Gasteiger partial charge in [0.05, 0.1) is 11.0 Å². The number of aromatic nitrogens is 2. The van der Waals surface area contributed by atoms with Crippen LogP contribution in [0.5, 0.6) is 0 Å². The maximum atomic E-state index is 6.20. The highest BCUT2D eigenvalue weighted by Crippen LogP contribution is 2.43. The first kappa shape index (κ1) is 31.1. The number of furan rings is 1. The molecular weight excluding hydrogens is 667 g/mol. The highest BCUT2D eigenvalue weighted by Gasteiger charge is 2.19. The summed E-state index contributed by atoms with van der Waals surface area (Å²) in [6.45, 7) is 6.04. The molecule has 10 rings (SSSR count). The summed E-state index contributed by atoms with van der Waals surface area (Å²) in [5.41, 5.74) is 9.65. The van der Waals surface area contributed by atoms with Crippen LogP contribution in [0.15, 0.2) is 169 Å². The Morgan fingerprint density at radius 2 is 1.32 bits per heavy atom. The molecule has 0 spiro atoms. The van der Waals surface area contributed by atoms with Crippen LogP contribution in [0.25, 0.3) is 82.0 Å². The standard InChI is InChI=1S/C48H33N3OS/c1-3-11-38-40-29-34(22-25-45(40)52-44(38)4-2)50(35-23-26-47-41(30-35)39-13-6-8-15-46(39)53-47)33-20-17-31(18-21-33)32-19-24-37-36-12-5-7-14-42(36)51(43(37)28-32)48-16-9-10-27-49-48/h3-30H,2H2,1H3/b11-3-. The molecule has 0 amide bonds. The fraction of sp³-hybridized carbons (Fsp3) is 0.0208. The molecule has 0 unspecified atom stereocenters. The van der Waals surface area contributed by atoms with Gasteiger partial charge in [-0.2, -0.15) is 0 Å². The minimum atomic E-state index is 0.774. The Hall–Kier alpha value is -6.69. The summed E-state index contributed by atoms with van der Waals surface area (Å²) in [6, 6.07) is 52.2. The lowest BCUT2D eigenvalue weighted by atomic mass is 10.0. The number of rotatable bonds is 7. The molecule has 10 aromatic rings. The molecule has 0 aliphatic heterocycles. The summed E-state index contributed by atoms with van der Waals surface area (Å²) in [5.74, 6) is 1.68. The number of nitrogens with zero attached hydrogens (tertiary/aromatic N) is 3.